The molecule has 0 amide bonds. The van der Waals surface area contributed by atoms with Crippen LogP contribution in [0, 0.1) is 0 Å². The van der Waals surface area contributed by atoms with Gasteiger partial charge in [0.25, 0.3) is 0 Å². The van der Waals surface area contributed by atoms with E-state index in [0.717, 1.165) is 94.3 Å². The monoisotopic (exact) mass is 858 g/mol. The molecule has 67 heavy (non-hydrogen) atoms. The van der Waals surface area contributed by atoms with Crippen LogP contribution in [-0.2, 0) is 5.41 Å². The van der Waals surface area contributed by atoms with Crippen LogP contribution in [0.1, 0.15) is 25.0 Å². The predicted octanol–water partition coefficient (Wildman–Crippen LogP) is 17.9. The lowest BCUT2D eigenvalue weighted by molar-refractivity contribution is 0.661. The molecule has 3 aromatic heterocycles. The first-order chi connectivity index (χ1) is 32.9. The van der Waals surface area contributed by atoms with Crippen molar-refractivity contribution in [2.24, 2.45) is 0 Å². The molecule has 4 nitrogen and oxygen atoms in total. The summed E-state index contributed by atoms with van der Waals surface area (Å²) < 4.78 is 12.9. The van der Waals surface area contributed by atoms with Gasteiger partial charge in [-0.2, -0.15) is 0 Å². The van der Waals surface area contributed by atoms with Gasteiger partial charge in [0.1, 0.15) is 22.3 Å². The summed E-state index contributed by atoms with van der Waals surface area (Å²) in [5.41, 5.74) is 21.2. The van der Waals surface area contributed by atoms with Gasteiger partial charge in [-0.25, -0.2) is 0 Å². The molecule has 0 radical (unpaired) electrons. The second kappa shape index (κ2) is 14.2. The highest BCUT2D eigenvalue weighted by Gasteiger charge is 2.35. The van der Waals surface area contributed by atoms with E-state index in [-0.39, 0.29) is 5.41 Å². The lowest BCUT2D eigenvalue weighted by Gasteiger charge is -2.26. The van der Waals surface area contributed by atoms with Crippen LogP contribution in [0.5, 0.6) is 0 Å². The number of hydrogen-bond donors (Lipinski definition) is 1. The Hall–Kier alpha value is -8.60. The zero-order valence-corrected chi connectivity index (χ0v) is 37.0. The fourth-order valence-corrected chi connectivity index (χ4v) is 11.1. The highest BCUT2D eigenvalue weighted by atomic mass is 16.3. The third-order valence-electron chi connectivity index (χ3n) is 14.4. The summed E-state index contributed by atoms with van der Waals surface area (Å²) >= 11 is 0. The molecule has 0 atom stereocenters. The van der Waals surface area contributed by atoms with E-state index in [1.54, 1.807) is 0 Å². The number of nitrogens with zero attached hydrogens (tertiary/aromatic N) is 1. The molecule has 0 saturated heterocycles. The van der Waals surface area contributed by atoms with E-state index in [1.165, 1.54) is 44.1 Å². The number of hydrogen-bond acceptors (Lipinski definition) is 3. The number of nitrogens with one attached hydrogen (secondary N) is 1. The number of rotatable bonds is 6. The zero-order chi connectivity index (χ0) is 44.4. The molecule has 0 saturated carbocycles. The summed E-state index contributed by atoms with van der Waals surface area (Å²) in [6.07, 6.45) is 0. The van der Waals surface area contributed by atoms with E-state index in [2.05, 4.69) is 212 Å². The Balaban J connectivity index is 0.852. The summed E-state index contributed by atoms with van der Waals surface area (Å²) in [4.78, 5) is 6.09. The predicted molar refractivity (Wildman–Crippen MR) is 279 cm³/mol. The molecule has 0 aliphatic heterocycles. The van der Waals surface area contributed by atoms with Gasteiger partial charge >= 0.3 is 0 Å². The van der Waals surface area contributed by atoms with Crippen LogP contribution in [0.2, 0.25) is 0 Å². The number of furan rings is 2. The second-order valence-corrected chi connectivity index (χ2v) is 18.5. The summed E-state index contributed by atoms with van der Waals surface area (Å²) in [5, 5.41) is 7.00. The van der Waals surface area contributed by atoms with Gasteiger partial charge in [-0.15, -0.1) is 0 Å². The fraction of sp³-hybridized carbons (Fsp3) is 0.0476. The van der Waals surface area contributed by atoms with E-state index in [4.69, 9.17) is 8.83 Å². The molecule has 1 aliphatic rings. The molecule has 13 aromatic rings. The maximum absolute atomic E-state index is 6.45. The van der Waals surface area contributed by atoms with Crippen molar-refractivity contribution in [1.29, 1.82) is 0 Å². The Morgan fingerprint density at radius 2 is 0.821 bits per heavy atom. The standard InChI is InChI=1S/C63H42N2O2/c1-63(2)55-18-6-3-11-47(55)52-36-54-53-35-41(27-34-57(53)64-58(54)37-56(52)63)38-21-28-42(29-22-38)65(43-30-23-39(24-31-43)45-14-9-16-50-48-12-4-7-19-59(48)66-61(45)50)44-32-25-40(26-33-44)46-15-10-17-51-49-13-5-8-20-60(49)67-62(46)51/h3-37,64H,1-2H3. The number of para-hydroxylation sites is 4. The number of aromatic nitrogens is 1. The molecule has 1 aliphatic carbocycles. The Morgan fingerprint density at radius 1 is 0.343 bits per heavy atom. The average Bonchev–Trinajstić information content (AvgIpc) is 4.12. The molecular formula is C63H42N2O2. The number of fused-ring (bicyclic) bond motifs is 12. The van der Waals surface area contributed by atoms with Crippen molar-refractivity contribution < 1.29 is 8.83 Å². The third-order valence-corrected chi connectivity index (χ3v) is 14.4. The first-order valence-electron chi connectivity index (χ1n) is 23.1. The molecule has 0 fully saturated rings. The molecule has 1 N–H and O–H groups in total. The molecule has 0 unspecified atom stereocenters. The molecule has 4 heteroatoms. The third kappa shape index (κ3) is 5.73. The topological polar surface area (TPSA) is 45.3 Å². The minimum atomic E-state index is -0.0451. The summed E-state index contributed by atoms with van der Waals surface area (Å²) in [7, 11) is 0. The molecule has 3 heterocycles. The fourth-order valence-electron chi connectivity index (χ4n) is 11.1. The smallest absolute Gasteiger partial charge is 0.143 e. The van der Waals surface area contributed by atoms with E-state index in [1.807, 2.05) is 24.3 Å². The normalized spacial score (nSPS) is 13.0. The van der Waals surface area contributed by atoms with Gasteiger partial charge in [0.15, 0.2) is 0 Å². The van der Waals surface area contributed by atoms with Gasteiger partial charge in [-0.3, -0.25) is 0 Å². The second-order valence-electron chi connectivity index (χ2n) is 18.5. The maximum atomic E-state index is 6.45. The molecule has 0 spiro atoms. The quantitative estimate of drug-likeness (QED) is 0.181. The number of anilines is 3. The first kappa shape index (κ1) is 37.7. The van der Waals surface area contributed by atoms with Crippen molar-refractivity contribution >= 4 is 82.7 Å². The van der Waals surface area contributed by atoms with Crippen molar-refractivity contribution in [3.8, 4) is 44.5 Å². The Labute approximate surface area is 387 Å². The molecule has 0 bridgehead atoms. The van der Waals surface area contributed by atoms with Crippen LogP contribution in [0.3, 0.4) is 0 Å². The van der Waals surface area contributed by atoms with Crippen LogP contribution in [0.15, 0.2) is 221 Å². The van der Waals surface area contributed by atoms with Gasteiger partial charge in [-0.05, 0) is 117 Å². The van der Waals surface area contributed by atoms with Gasteiger partial charge in [0, 0.05) is 77.0 Å². The largest absolute Gasteiger partial charge is 0.455 e. The number of H-pyrrole nitrogens is 1. The van der Waals surface area contributed by atoms with Gasteiger partial charge in [0.2, 0.25) is 0 Å². The van der Waals surface area contributed by atoms with Crippen molar-refractivity contribution in [2.75, 3.05) is 4.90 Å². The minimum absolute atomic E-state index is 0.0451. The van der Waals surface area contributed by atoms with E-state index < -0.39 is 0 Å². The Kier molecular flexibility index (Phi) is 8.00. The van der Waals surface area contributed by atoms with Crippen molar-refractivity contribution in [3.05, 3.63) is 223 Å². The van der Waals surface area contributed by atoms with Gasteiger partial charge in [-0.1, -0.05) is 153 Å². The minimum Gasteiger partial charge on any atom is -0.455 e. The van der Waals surface area contributed by atoms with Crippen molar-refractivity contribution in [1.82, 2.24) is 4.98 Å². The SMILES string of the molecule is CC1(C)c2ccccc2-c2cc3c(cc21)[nH]c1ccc(-c2ccc(N(c4ccc(-c5cccc6c5oc5ccccc56)cc4)c4ccc(-c5cccc6c5oc5ccccc56)cc4)cc2)cc13. The summed E-state index contributed by atoms with van der Waals surface area (Å²) in [6, 6.07) is 76.5. The number of aromatic amines is 1. The molecule has 316 valence electrons. The Morgan fingerprint density at radius 3 is 1.42 bits per heavy atom. The van der Waals surface area contributed by atoms with Crippen LogP contribution in [0.4, 0.5) is 17.1 Å². The first-order valence-corrected chi connectivity index (χ1v) is 23.1. The lowest BCUT2D eigenvalue weighted by Crippen LogP contribution is -2.14. The van der Waals surface area contributed by atoms with E-state index in [9.17, 15) is 0 Å². The number of benzene rings is 10. The van der Waals surface area contributed by atoms with E-state index >= 15 is 0 Å². The van der Waals surface area contributed by atoms with Gasteiger partial charge in [0.05, 0.1) is 0 Å². The zero-order valence-electron chi connectivity index (χ0n) is 37.0. The van der Waals surface area contributed by atoms with E-state index in [0.29, 0.717) is 0 Å². The highest BCUT2D eigenvalue weighted by molar-refractivity contribution is 6.12. The average molecular weight is 859 g/mol. The lowest BCUT2D eigenvalue weighted by atomic mass is 9.82. The van der Waals surface area contributed by atoms with Crippen LogP contribution >= 0.6 is 0 Å². The summed E-state index contributed by atoms with van der Waals surface area (Å²) in [5.74, 6) is 0. The van der Waals surface area contributed by atoms with Crippen molar-refractivity contribution in [2.45, 2.75) is 19.3 Å². The van der Waals surface area contributed by atoms with Crippen LogP contribution in [0.25, 0.3) is 110 Å². The molecular weight excluding hydrogens is 817 g/mol. The molecule has 14 rings (SSSR count). The summed E-state index contributed by atoms with van der Waals surface area (Å²) in [6.45, 7) is 4.68. The van der Waals surface area contributed by atoms with Crippen LogP contribution in [-0.4, -0.2) is 4.98 Å². The van der Waals surface area contributed by atoms with Crippen molar-refractivity contribution in [3.63, 3.8) is 0 Å². The highest BCUT2D eigenvalue weighted by Crippen LogP contribution is 2.51. The van der Waals surface area contributed by atoms with Gasteiger partial charge < -0.3 is 18.7 Å². The maximum Gasteiger partial charge on any atom is 0.143 e. The molecule has 10 aromatic carbocycles. The van der Waals surface area contributed by atoms with Crippen LogP contribution < -0.4 is 4.90 Å². The Bertz CT molecular complexity index is 3950.